The van der Waals surface area contributed by atoms with Gasteiger partial charge in [0, 0.05) is 12.6 Å². The minimum absolute atomic E-state index is 0. The summed E-state index contributed by atoms with van der Waals surface area (Å²) in [4.78, 5) is 4.61. The molecule has 4 nitrogen and oxygen atoms in total. The number of hydrogen-bond donors (Lipinski definition) is 3. The first-order valence-electron chi connectivity index (χ1n) is 7.02. The molecule has 1 saturated carbocycles. The Morgan fingerprint density at radius 1 is 1.40 bits per heavy atom. The van der Waals surface area contributed by atoms with E-state index in [0.29, 0.717) is 12.6 Å². The van der Waals surface area contributed by atoms with E-state index in [2.05, 4.69) is 39.4 Å². The largest absolute Gasteiger partial charge is 0.393 e. The zero-order chi connectivity index (χ0) is 13.5. The van der Waals surface area contributed by atoms with Crippen LogP contribution in [0.2, 0.25) is 0 Å². The maximum atomic E-state index is 9.52. The highest BCUT2D eigenvalue weighted by molar-refractivity contribution is 14.0. The molecule has 0 unspecified atom stereocenters. The summed E-state index contributed by atoms with van der Waals surface area (Å²) in [6.07, 6.45) is 3.71. The van der Waals surface area contributed by atoms with E-state index in [1.54, 1.807) is 11.3 Å². The van der Waals surface area contributed by atoms with E-state index in [-0.39, 0.29) is 30.1 Å². The van der Waals surface area contributed by atoms with Gasteiger partial charge in [0.05, 0.1) is 12.6 Å². The highest BCUT2D eigenvalue weighted by atomic mass is 127. The van der Waals surface area contributed by atoms with Gasteiger partial charge in [-0.1, -0.05) is 0 Å². The molecule has 3 N–H and O–H groups in total. The van der Waals surface area contributed by atoms with Gasteiger partial charge in [0.2, 0.25) is 0 Å². The van der Waals surface area contributed by atoms with E-state index in [1.165, 1.54) is 5.56 Å². The zero-order valence-corrected chi connectivity index (χ0v) is 15.0. The summed E-state index contributed by atoms with van der Waals surface area (Å²) in [5.74, 6) is 0.884. The topological polar surface area (TPSA) is 56.7 Å². The Bertz CT molecular complexity index is 389. The van der Waals surface area contributed by atoms with Crippen LogP contribution in [0.25, 0.3) is 0 Å². The monoisotopic (exact) mass is 409 g/mol. The highest BCUT2D eigenvalue weighted by Crippen LogP contribution is 2.18. The van der Waals surface area contributed by atoms with Gasteiger partial charge in [-0.05, 0) is 55.0 Å². The lowest BCUT2D eigenvalue weighted by Crippen LogP contribution is -2.45. The van der Waals surface area contributed by atoms with Gasteiger partial charge in [-0.3, -0.25) is 0 Å². The molecule has 0 atom stereocenters. The first-order chi connectivity index (χ1) is 9.28. The number of rotatable bonds is 4. The Morgan fingerprint density at radius 3 is 2.75 bits per heavy atom. The maximum absolute atomic E-state index is 9.52. The van der Waals surface area contributed by atoms with Crippen molar-refractivity contribution < 1.29 is 5.11 Å². The van der Waals surface area contributed by atoms with E-state index in [0.717, 1.165) is 38.2 Å². The molecule has 1 aliphatic carbocycles. The van der Waals surface area contributed by atoms with Crippen LogP contribution in [0, 0.1) is 0 Å². The summed E-state index contributed by atoms with van der Waals surface area (Å²) in [6.45, 7) is 3.66. The van der Waals surface area contributed by atoms with Crippen LogP contribution in [-0.4, -0.2) is 29.8 Å². The minimum Gasteiger partial charge on any atom is -0.393 e. The fourth-order valence-electron chi connectivity index (χ4n) is 2.29. The summed E-state index contributed by atoms with van der Waals surface area (Å²) in [5, 5.41) is 20.5. The summed E-state index contributed by atoms with van der Waals surface area (Å²) in [6, 6.07) is 2.54. The number of aliphatic imine (C=N–C) groups is 1. The molecule has 0 radical (unpaired) electrons. The van der Waals surface area contributed by atoms with E-state index in [1.807, 2.05) is 0 Å². The van der Waals surface area contributed by atoms with E-state index in [9.17, 15) is 5.11 Å². The van der Waals surface area contributed by atoms with Gasteiger partial charge in [0.25, 0.3) is 0 Å². The molecule has 0 saturated heterocycles. The first-order valence-corrected chi connectivity index (χ1v) is 7.96. The fourth-order valence-corrected chi connectivity index (χ4v) is 2.95. The van der Waals surface area contributed by atoms with E-state index < -0.39 is 0 Å². The molecule has 1 heterocycles. The predicted octanol–water partition coefficient (Wildman–Crippen LogP) is 2.72. The van der Waals surface area contributed by atoms with Crippen LogP contribution in [0.3, 0.4) is 0 Å². The SMILES string of the molecule is CCNC(=NCc1ccsc1)NC1CCC(O)CC1.I. The van der Waals surface area contributed by atoms with Gasteiger partial charge < -0.3 is 15.7 Å². The number of nitrogens with zero attached hydrogens (tertiary/aromatic N) is 1. The van der Waals surface area contributed by atoms with Crippen LogP contribution in [0.4, 0.5) is 0 Å². The fraction of sp³-hybridized carbons (Fsp3) is 0.643. The van der Waals surface area contributed by atoms with Crippen molar-refractivity contribution >= 4 is 41.3 Å². The van der Waals surface area contributed by atoms with Crippen LogP contribution in [0.5, 0.6) is 0 Å². The molecule has 0 aromatic carbocycles. The van der Waals surface area contributed by atoms with Gasteiger partial charge in [0.15, 0.2) is 5.96 Å². The van der Waals surface area contributed by atoms with Crippen molar-refractivity contribution in [3.05, 3.63) is 22.4 Å². The lowest BCUT2D eigenvalue weighted by atomic mass is 9.93. The van der Waals surface area contributed by atoms with Crippen LogP contribution >= 0.6 is 35.3 Å². The van der Waals surface area contributed by atoms with Gasteiger partial charge >= 0.3 is 0 Å². The lowest BCUT2D eigenvalue weighted by molar-refractivity contribution is 0.120. The van der Waals surface area contributed by atoms with Gasteiger partial charge in [0.1, 0.15) is 0 Å². The Morgan fingerprint density at radius 2 is 2.15 bits per heavy atom. The van der Waals surface area contributed by atoms with Crippen molar-refractivity contribution in [3.8, 4) is 0 Å². The molecule has 1 aromatic rings. The van der Waals surface area contributed by atoms with Gasteiger partial charge in [-0.2, -0.15) is 11.3 Å². The highest BCUT2D eigenvalue weighted by Gasteiger charge is 2.19. The number of halogens is 1. The van der Waals surface area contributed by atoms with Crippen molar-refractivity contribution in [3.63, 3.8) is 0 Å². The van der Waals surface area contributed by atoms with Crippen molar-refractivity contribution in [2.45, 2.75) is 51.3 Å². The molecule has 1 aliphatic rings. The lowest BCUT2D eigenvalue weighted by Gasteiger charge is -2.27. The number of thiophene rings is 1. The third kappa shape index (κ3) is 5.97. The molecule has 0 aliphatic heterocycles. The molecule has 20 heavy (non-hydrogen) atoms. The number of hydrogen-bond acceptors (Lipinski definition) is 3. The average molecular weight is 409 g/mol. The molecule has 0 bridgehead atoms. The average Bonchev–Trinajstić information content (AvgIpc) is 2.92. The number of guanidine groups is 1. The Labute approximate surface area is 142 Å². The Kier molecular flexibility index (Phi) is 8.47. The summed E-state index contributed by atoms with van der Waals surface area (Å²) < 4.78 is 0. The van der Waals surface area contributed by atoms with Crippen molar-refractivity contribution in [1.29, 1.82) is 0 Å². The zero-order valence-electron chi connectivity index (χ0n) is 11.8. The predicted molar refractivity (Wildman–Crippen MR) is 95.9 cm³/mol. The standard InChI is InChI=1S/C14H23N3OS.HI/c1-2-15-14(16-9-11-7-8-19-10-11)17-12-3-5-13(18)6-4-12;/h7-8,10,12-13,18H,2-6,9H2,1H3,(H2,15,16,17);1H. The van der Waals surface area contributed by atoms with Crippen LogP contribution in [-0.2, 0) is 6.54 Å². The van der Waals surface area contributed by atoms with Crippen LogP contribution < -0.4 is 10.6 Å². The molecule has 6 heteroatoms. The molecular formula is C14H24IN3OS. The quantitative estimate of drug-likeness (QED) is 0.407. The first kappa shape index (κ1) is 17.7. The molecule has 0 spiro atoms. The number of nitrogens with one attached hydrogen (secondary N) is 2. The second kappa shape index (κ2) is 9.57. The minimum atomic E-state index is -0.108. The van der Waals surface area contributed by atoms with Gasteiger partial charge in [-0.15, -0.1) is 24.0 Å². The summed E-state index contributed by atoms with van der Waals surface area (Å²) in [7, 11) is 0. The van der Waals surface area contributed by atoms with Gasteiger partial charge in [-0.25, -0.2) is 4.99 Å². The number of aliphatic hydroxyl groups is 1. The molecule has 0 amide bonds. The van der Waals surface area contributed by atoms with Crippen molar-refractivity contribution in [1.82, 2.24) is 10.6 Å². The van der Waals surface area contributed by atoms with E-state index >= 15 is 0 Å². The Hall–Kier alpha value is -0.340. The summed E-state index contributed by atoms with van der Waals surface area (Å²) >= 11 is 1.70. The molecule has 2 rings (SSSR count). The molecule has 1 fully saturated rings. The van der Waals surface area contributed by atoms with Crippen LogP contribution in [0.15, 0.2) is 21.8 Å². The van der Waals surface area contributed by atoms with E-state index in [4.69, 9.17) is 0 Å². The third-order valence-electron chi connectivity index (χ3n) is 3.38. The smallest absolute Gasteiger partial charge is 0.191 e. The number of aliphatic hydroxyl groups excluding tert-OH is 1. The third-order valence-corrected chi connectivity index (χ3v) is 4.11. The molecule has 114 valence electrons. The summed E-state index contributed by atoms with van der Waals surface area (Å²) in [5.41, 5.74) is 1.25. The van der Waals surface area contributed by atoms with Crippen molar-refractivity contribution in [2.24, 2.45) is 4.99 Å². The normalized spacial score (nSPS) is 23.0. The second-order valence-corrected chi connectivity index (χ2v) is 5.76. The van der Waals surface area contributed by atoms with Crippen LogP contribution in [0.1, 0.15) is 38.2 Å². The second-order valence-electron chi connectivity index (χ2n) is 4.98. The molecular weight excluding hydrogens is 385 g/mol. The Balaban J connectivity index is 0.00000200. The van der Waals surface area contributed by atoms with Crippen molar-refractivity contribution in [2.75, 3.05) is 6.54 Å². The molecule has 1 aromatic heterocycles. The maximum Gasteiger partial charge on any atom is 0.191 e.